The number of aryl methyl sites for hydroxylation is 2. The van der Waals surface area contributed by atoms with Gasteiger partial charge in [-0.05, 0) is 49.1 Å². The molecule has 150 valence electrons. The number of thiazole rings is 1. The van der Waals surface area contributed by atoms with Gasteiger partial charge in [-0.2, -0.15) is 0 Å². The minimum absolute atomic E-state index is 0.00192. The first-order valence-corrected chi connectivity index (χ1v) is 11.0. The second-order valence-corrected chi connectivity index (χ2v) is 8.51. The van der Waals surface area contributed by atoms with Crippen molar-refractivity contribution in [1.82, 2.24) is 10.3 Å². The van der Waals surface area contributed by atoms with Gasteiger partial charge in [0.1, 0.15) is 0 Å². The van der Waals surface area contributed by atoms with Crippen LogP contribution >= 0.6 is 27.3 Å². The number of carbonyl (C=O) groups is 2. The highest BCUT2D eigenvalue weighted by Crippen LogP contribution is 2.26. The van der Waals surface area contributed by atoms with E-state index in [2.05, 4.69) is 43.7 Å². The fourth-order valence-electron chi connectivity index (χ4n) is 2.91. The molecule has 0 atom stereocenters. The zero-order valence-electron chi connectivity index (χ0n) is 16.3. The van der Waals surface area contributed by atoms with E-state index >= 15 is 0 Å². The molecular formula is C22H22BrN3O2S. The molecule has 5 nitrogen and oxygen atoms in total. The largest absolute Gasteiger partial charge is 0.356 e. The molecule has 1 aromatic heterocycles. The van der Waals surface area contributed by atoms with Crippen LogP contribution in [0.2, 0.25) is 0 Å². The van der Waals surface area contributed by atoms with E-state index < -0.39 is 0 Å². The van der Waals surface area contributed by atoms with E-state index in [-0.39, 0.29) is 11.8 Å². The van der Waals surface area contributed by atoms with Crippen LogP contribution in [-0.4, -0.2) is 23.3 Å². The molecule has 7 heteroatoms. The van der Waals surface area contributed by atoms with Crippen LogP contribution in [0.25, 0.3) is 11.3 Å². The summed E-state index contributed by atoms with van der Waals surface area (Å²) < 4.78 is 0.946. The van der Waals surface area contributed by atoms with Crippen molar-refractivity contribution in [3.63, 3.8) is 0 Å². The molecule has 0 unspecified atom stereocenters. The van der Waals surface area contributed by atoms with Gasteiger partial charge in [0.2, 0.25) is 5.91 Å². The molecule has 0 bridgehead atoms. The molecule has 0 fully saturated rings. The van der Waals surface area contributed by atoms with E-state index in [9.17, 15) is 9.59 Å². The van der Waals surface area contributed by atoms with E-state index in [0.29, 0.717) is 17.2 Å². The van der Waals surface area contributed by atoms with Gasteiger partial charge in [0.05, 0.1) is 5.69 Å². The van der Waals surface area contributed by atoms with Gasteiger partial charge in [0, 0.05) is 34.4 Å². The summed E-state index contributed by atoms with van der Waals surface area (Å²) in [4.78, 5) is 28.0. The van der Waals surface area contributed by atoms with Gasteiger partial charge in [-0.1, -0.05) is 40.2 Å². The van der Waals surface area contributed by atoms with Crippen LogP contribution in [0.15, 0.2) is 52.3 Å². The summed E-state index contributed by atoms with van der Waals surface area (Å²) in [6.07, 6.45) is 1.81. The highest BCUT2D eigenvalue weighted by atomic mass is 79.9. The van der Waals surface area contributed by atoms with Crippen LogP contribution in [0, 0.1) is 6.92 Å². The predicted octanol–water partition coefficient (Wildman–Crippen LogP) is 5.20. The summed E-state index contributed by atoms with van der Waals surface area (Å²) in [6, 6.07) is 13.8. The Bertz CT molecular complexity index is 1020. The number of aromatic nitrogens is 1. The topological polar surface area (TPSA) is 71.1 Å². The zero-order chi connectivity index (χ0) is 20.8. The monoisotopic (exact) mass is 471 g/mol. The van der Waals surface area contributed by atoms with Gasteiger partial charge in [0.15, 0.2) is 5.13 Å². The number of halogens is 1. The van der Waals surface area contributed by atoms with Crippen LogP contribution < -0.4 is 10.6 Å². The fourth-order valence-corrected chi connectivity index (χ4v) is 4.10. The Balaban J connectivity index is 1.60. The number of benzene rings is 2. The highest BCUT2D eigenvalue weighted by molar-refractivity contribution is 9.10. The van der Waals surface area contributed by atoms with E-state index in [4.69, 9.17) is 0 Å². The highest BCUT2D eigenvalue weighted by Gasteiger charge is 2.12. The number of anilines is 1. The van der Waals surface area contributed by atoms with Crippen molar-refractivity contribution in [2.45, 2.75) is 26.7 Å². The van der Waals surface area contributed by atoms with E-state index in [1.165, 1.54) is 23.8 Å². The Hall–Kier alpha value is -2.51. The van der Waals surface area contributed by atoms with E-state index in [0.717, 1.165) is 34.1 Å². The predicted molar refractivity (Wildman–Crippen MR) is 121 cm³/mol. The lowest BCUT2D eigenvalue weighted by Crippen LogP contribution is -2.21. The van der Waals surface area contributed by atoms with Gasteiger partial charge < -0.3 is 5.32 Å². The van der Waals surface area contributed by atoms with Gasteiger partial charge in [-0.25, -0.2) is 4.98 Å². The van der Waals surface area contributed by atoms with Crippen LogP contribution in [-0.2, 0) is 11.2 Å². The number of rotatable bonds is 7. The van der Waals surface area contributed by atoms with Crippen molar-refractivity contribution in [2.24, 2.45) is 0 Å². The number of amides is 2. The molecule has 3 rings (SSSR count). The summed E-state index contributed by atoms with van der Waals surface area (Å²) in [5.41, 5.74) is 4.60. The Morgan fingerprint density at radius 1 is 1.14 bits per heavy atom. The van der Waals surface area contributed by atoms with Gasteiger partial charge >= 0.3 is 0 Å². The lowest BCUT2D eigenvalue weighted by atomic mass is 10.1. The van der Waals surface area contributed by atoms with Crippen LogP contribution in [0.5, 0.6) is 0 Å². The number of hydrogen-bond acceptors (Lipinski definition) is 4. The van der Waals surface area contributed by atoms with Crippen LogP contribution in [0.1, 0.15) is 34.8 Å². The smallest absolute Gasteiger partial charge is 0.257 e. The first-order valence-electron chi connectivity index (χ1n) is 9.29. The van der Waals surface area contributed by atoms with E-state index in [1.54, 1.807) is 6.07 Å². The molecule has 0 aliphatic heterocycles. The van der Waals surface area contributed by atoms with E-state index in [1.807, 2.05) is 36.6 Å². The second-order valence-electron chi connectivity index (χ2n) is 6.73. The maximum absolute atomic E-state index is 12.5. The van der Waals surface area contributed by atoms with Crippen molar-refractivity contribution < 1.29 is 9.59 Å². The lowest BCUT2D eigenvalue weighted by Gasteiger charge is -2.06. The molecule has 0 spiro atoms. The van der Waals surface area contributed by atoms with Gasteiger partial charge in [-0.3, -0.25) is 14.9 Å². The summed E-state index contributed by atoms with van der Waals surface area (Å²) in [5, 5.41) is 8.20. The van der Waals surface area contributed by atoms with Crippen molar-refractivity contribution in [3.8, 4) is 11.3 Å². The molecular weight excluding hydrogens is 450 g/mol. The summed E-state index contributed by atoms with van der Waals surface area (Å²) in [7, 11) is 0. The molecule has 0 saturated carbocycles. The fraction of sp³-hybridized carbons (Fsp3) is 0.227. The first kappa shape index (κ1) is 21.2. The average Bonchev–Trinajstić information content (AvgIpc) is 3.14. The van der Waals surface area contributed by atoms with Crippen molar-refractivity contribution >= 4 is 44.2 Å². The number of nitrogens with zero attached hydrogens (tertiary/aromatic N) is 1. The molecule has 3 aromatic rings. The van der Waals surface area contributed by atoms with Crippen LogP contribution in [0.4, 0.5) is 5.13 Å². The molecule has 0 saturated heterocycles. The second kappa shape index (κ2) is 9.80. The molecule has 2 N–H and O–H groups in total. The molecule has 2 aromatic carbocycles. The zero-order valence-corrected chi connectivity index (χ0v) is 18.7. The maximum Gasteiger partial charge on any atom is 0.257 e. The quantitative estimate of drug-likeness (QED) is 0.465. The number of hydrogen-bond donors (Lipinski definition) is 2. The summed E-state index contributed by atoms with van der Waals surface area (Å²) >= 11 is 4.82. The number of nitrogens with one attached hydrogen (secondary N) is 2. The third kappa shape index (κ3) is 5.98. The van der Waals surface area contributed by atoms with Gasteiger partial charge in [0.25, 0.3) is 5.91 Å². The average molecular weight is 472 g/mol. The molecule has 29 heavy (non-hydrogen) atoms. The SMILES string of the molecule is CC(=O)NCCCc1ccc(-c2csc(NC(=O)c3ccc(Br)cc3C)n2)cc1. The minimum atomic E-state index is -0.162. The Kier molecular flexibility index (Phi) is 7.17. The third-order valence-corrected chi connectivity index (χ3v) is 5.67. The molecule has 0 radical (unpaired) electrons. The molecule has 2 amide bonds. The Morgan fingerprint density at radius 3 is 2.59 bits per heavy atom. The normalized spacial score (nSPS) is 10.6. The van der Waals surface area contributed by atoms with Crippen molar-refractivity contribution in [1.29, 1.82) is 0 Å². The Morgan fingerprint density at radius 2 is 1.90 bits per heavy atom. The van der Waals surface area contributed by atoms with Crippen molar-refractivity contribution in [2.75, 3.05) is 11.9 Å². The molecule has 0 aliphatic carbocycles. The summed E-state index contributed by atoms with van der Waals surface area (Å²) in [5.74, 6) is -0.160. The first-order chi connectivity index (χ1) is 13.9. The third-order valence-electron chi connectivity index (χ3n) is 4.42. The maximum atomic E-state index is 12.5. The van der Waals surface area contributed by atoms with Crippen molar-refractivity contribution in [3.05, 3.63) is 69.0 Å². The van der Waals surface area contributed by atoms with Crippen LogP contribution in [0.3, 0.4) is 0 Å². The van der Waals surface area contributed by atoms with Gasteiger partial charge in [-0.15, -0.1) is 11.3 Å². The lowest BCUT2D eigenvalue weighted by molar-refractivity contribution is -0.118. The standard InChI is InChI=1S/C22H22BrN3O2S/c1-14-12-18(23)9-10-19(14)21(28)26-22-25-20(13-29-22)17-7-5-16(6-8-17)4-3-11-24-15(2)27/h5-10,12-13H,3-4,11H2,1-2H3,(H,24,27)(H,25,26,28). The molecule has 0 aliphatic rings. The minimum Gasteiger partial charge on any atom is -0.356 e. The molecule has 1 heterocycles. The Labute approximate surface area is 182 Å². The summed E-state index contributed by atoms with van der Waals surface area (Å²) in [6.45, 7) is 4.12. The number of carbonyl (C=O) groups excluding carboxylic acids is 2.